The Balaban J connectivity index is 1.42. The van der Waals surface area contributed by atoms with Gasteiger partial charge < -0.3 is 15.5 Å². The van der Waals surface area contributed by atoms with E-state index in [0.29, 0.717) is 22.9 Å². The summed E-state index contributed by atoms with van der Waals surface area (Å²) < 4.78 is 0.838. The predicted molar refractivity (Wildman–Crippen MR) is 146 cm³/mol. The van der Waals surface area contributed by atoms with Crippen molar-refractivity contribution in [2.45, 2.75) is 39.0 Å². The van der Waals surface area contributed by atoms with Crippen LogP contribution in [-0.2, 0) is 4.79 Å². The molecule has 0 aliphatic carbocycles. The van der Waals surface area contributed by atoms with E-state index < -0.39 is 10.8 Å². The van der Waals surface area contributed by atoms with Crippen molar-refractivity contribution in [1.82, 2.24) is 10.3 Å². The number of nitrogens with one attached hydrogen (secondary N) is 3. The molecule has 0 saturated carbocycles. The van der Waals surface area contributed by atoms with Crippen molar-refractivity contribution in [1.29, 1.82) is 0 Å². The number of nitro groups is 1. The number of nitrogens with zero attached hydrogens (tertiary/aromatic N) is 3. The summed E-state index contributed by atoms with van der Waals surface area (Å²) in [5, 5.41) is 20.6. The van der Waals surface area contributed by atoms with Crippen molar-refractivity contribution in [2.75, 3.05) is 28.6 Å². The van der Waals surface area contributed by atoms with E-state index in [9.17, 15) is 19.7 Å². The molecule has 2 aromatic carbocycles. The molecular weight excluding hydrogens is 500 g/mol. The van der Waals surface area contributed by atoms with Gasteiger partial charge in [0.25, 0.3) is 11.6 Å². The minimum atomic E-state index is -0.541. The van der Waals surface area contributed by atoms with Crippen LogP contribution in [0, 0.1) is 10.1 Å². The van der Waals surface area contributed by atoms with Crippen molar-refractivity contribution < 1.29 is 14.5 Å². The van der Waals surface area contributed by atoms with Crippen LogP contribution in [0.5, 0.6) is 0 Å². The van der Waals surface area contributed by atoms with Crippen molar-refractivity contribution in [3.05, 3.63) is 52.1 Å². The average molecular weight is 527 g/mol. The Morgan fingerprint density at radius 3 is 2.64 bits per heavy atom. The highest BCUT2D eigenvalue weighted by Crippen LogP contribution is 2.31. The largest absolute Gasteiger partial charge is 0.366 e. The third-order valence-electron chi connectivity index (χ3n) is 5.73. The number of amides is 2. The normalized spacial score (nSPS) is 13.3. The summed E-state index contributed by atoms with van der Waals surface area (Å²) in [6.45, 7) is 3.46. The number of thiazole rings is 1. The van der Waals surface area contributed by atoms with Gasteiger partial charge in [-0.3, -0.25) is 25.0 Å². The van der Waals surface area contributed by atoms with E-state index >= 15 is 0 Å². The molecule has 1 aromatic heterocycles. The third-order valence-corrected chi connectivity index (χ3v) is 6.87. The fourth-order valence-electron chi connectivity index (χ4n) is 4.02. The second-order valence-electron chi connectivity index (χ2n) is 8.42. The van der Waals surface area contributed by atoms with Gasteiger partial charge in [-0.05, 0) is 68.2 Å². The molecule has 0 bridgehead atoms. The number of hydrogen-bond donors (Lipinski definition) is 3. The summed E-state index contributed by atoms with van der Waals surface area (Å²) in [4.78, 5) is 42.2. The van der Waals surface area contributed by atoms with Crippen LogP contribution in [0.25, 0.3) is 10.2 Å². The molecule has 2 amide bonds. The minimum absolute atomic E-state index is 0.0584. The van der Waals surface area contributed by atoms with Crippen molar-refractivity contribution in [2.24, 2.45) is 0 Å². The first-order chi connectivity index (χ1) is 17.3. The maximum atomic E-state index is 12.8. The lowest BCUT2D eigenvalue weighted by Crippen LogP contribution is -2.34. The second kappa shape index (κ2) is 11.4. The maximum Gasteiger partial charge on any atom is 0.293 e. The molecule has 0 radical (unpaired) electrons. The van der Waals surface area contributed by atoms with Crippen LogP contribution in [0.2, 0.25) is 0 Å². The molecule has 1 aliphatic heterocycles. The Morgan fingerprint density at radius 1 is 1.14 bits per heavy atom. The lowest BCUT2D eigenvalue weighted by molar-refractivity contribution is -0.384. The van der Waals surface area contributed by atoms with Crippen LogP contribution in [-0.4, -0.2) is 39.9 Å². The van der Waals surface area contributed by atoms with Gasteiger partial charge >= 0.3 is 0 Å². The quantitative estimate of drug-likeness (QED) is 0.221. The molecule has 0 unspecified atom stereocenters. The van der Waals surface area contributed by atoms with E-state index in [0.717, 1.165) is 49.0 Å². The number of piperidine rings is 1. The molecular formula is C24H26N6O4S2. The van der Waals surface area contributed by atoms with E-state index in [2.05, 4.69) is 20.9 Å². The number of anilines is 3. The van der Waals surface area contributed by atoms with Gasteiger partial charge in [0.1, 0.15) is 5.69 Å². The first kappa shape index (κ1) is 25.5. The fraction of sp³-hybridized carbons (Fsp3) is 0.333. The van der Waals surface area contributed by atoms with Crippen LogP contribution in [0.15, 0.2) is 36.4 Å². The molecule has 12 heteroatoms. The monoisotopic (exact) mass is 526 g/mol. The highest BCUT2D eigenvalue weighted by Gasteiger charge is 2.23. The standard InChI is InChI=1S/C24H26N6O4S2/c1-2-6-21(31)27-24-26-17-9-8-16(14-20(17)36-24)25-23(35)28-22(32)15-7-10-18(19(13-15)30(33)34)29-11-4-3-5-12-29/h7-10,13-14H,2-6,11-12H2,1H3,(H,26,27,31)(H2,25,28,32,35). The van der Waals surface area contributed by atoms with E-state index in [1.54, 1.807) is 24.3 Å². The maximum absolute atomic E-state index is 12.8. The van der Waals surface area contributed by atoms with E-state index in [-0.39, 0.29) is 22.3 Å². The SMILES string of the molecule is CCCC(=O)Nc1nc2ccc(NC(=S)NC(=O)c3ccc(N4CCCCC4)c([N+](=O)[O-])c3)cc2s1. The number of aromatic nitrogens is 1. The lowest BCUT2D eigenvalue weighted by atomic mass is 10.1. The minimum Gasteiger partial charge on any atom is -0.366 e. The summed E-state index contributed by atoms with van der Waals surface area (Å²) in [6, 6.07) is 9.86. The number of hydrogen-bond acceptors (Lipinski definition) is 8. The summed E-state index contributed by atoms with van der Waals surface area (Å²) in [7, 11) is 0. The number of benzene rings is 2. The number of thiocarbonyl (C=S) groups is 1. The number of carbonyl (C=O) groups excluding carboxylic acids is 2. The van der Waals surface area contributed by atoms with Crippen LogP contribution in [0.1, 0.15) is 49.4 Å². The predicted octanol–water partition coefficient (Wildman–Crippen LogP) is 5.06. The van der Waals surface area contributed by atoms with Gasteiger partial charge in [0.2, 0.25) is 5.91 Å². The fourth-order valence-corrected chi connectivity index (χ4v) is 5.15. The smallest absolute Gasteiger partial charge is 0.293 e. The molecule has 2 heterocycles. The Morgan fingerprint density at radius 2 is 1.92 bits per heavy atom. The van der Waals surface area contributed by atoms with Gasteiger partial charge in [0, 0.05) is 36.8 Å². The molecule has 0 spiro atoms. The number of carbonyl (C=O) groups is 2. The second-order valence-corrected chi connectivity index (χ2v) is 9.86. The number of rotatable bonds is 7. The van der Waals surface area contributed by atoms with Gasteiger partial charge in [0.05, 0.1) is 15.1 Å². The molecule has 36 heavy (non-hydrogen) atoms. The summed E-state index contributed by atoms with van der Waals surface area (Å²) >= 11 is 6.62. The van der Waals surface area contributed by atoms with Crippen LogP contribution < -0.4 is 20.9 Å². The van der Waals surface area contributed by atoms with Crippen molar-refractivity contribution in [3.8, 4) is 0 Å². The van der Waals surface area contributed by atoms with Gasteiger partial charge in [-0.1, -0.05) is 18.3 Å². The molecule has 188 valence electrons. The molecule has 10 nitrogen and oxygen atoms in total. The third kappa shape index (κ3) is 6.13. The van der Waals surface area contributed by atoms with Gasteiger partial charge in [-0.25, -0.2) is 4.98 Å². The van der Waals surface area contributed by atoms with Gasteiger partial charge in [-0.2, -0.15) is 0 Å². The molecule has 4 rings (SSSR count). The zero-order valence-corrected chi connectivity index (χ0v) is 21.3. The Hall–Kier alpha value is -3.64. The first-order valence-corrected chi connectivity index (χ1v) is 12.9. The van der Waals surface area contributed by atoms with Crippen LogP contribution in [0.3, 0.4) is 0 Å². The van der Waals surface area contributed by atoms with Gasteiger partial charge in [0.15, 0.2) is 10.2 Å². The van der Waals surface area contributed by atoms with E-state index in [4.69, 9.17) is 12.2 Å². The number of fused-ring (bicyclic) bond motifs is 1. The molecule has 1 fully saturated rings. The Labute approximate surface area is 217 Å². The van der Waals surface area contributed by atoms with Gasteiger partial charge in [-0.15, -0.1) is 0 Å². The highest BCUT2D eigenvalue weighted by atomic mass is 32.1. The molecule has 3 N–H and O–H groups in total. The molecule has 3 aromatic rings. The Kier molecular flexibility index (Phi) is 8.06. The van der Waals surface area contributed by atoms with E-state index in [1.807, 2.05) is 17.9 Å². The first-order valence-electron chi connectivity index (χ1n) is 11.7. The zero-order chi connectivity index (χ0) is 25.7. The molecule has 0 atom stereocenters. The average Bonchev–Trinajstić information content (AvgIpc) is 3.25. The summed E-state index contributed by atoms with van der Waals surface area (Å²) in [5.74, 6) is -0.622. The summed E-state index contributed by atoms with van der Waals surface area (Å²) in [5.41, 5.74) is 1.95. The lowest BCUT2D eigenvalue weighted by Gasteiger charge is -2.28. The van der Waals surface area contributed by atoms with Crippen LogP contribution in [0.4, 0.5) is 22.2 Å². The topological polar surface area (TPSA) is 130 Å². The zero-order valence-electron chi connectivity index (χ0n) is 19.7. The molecule has 1 aliphatic rings. The van der Waals surface area contributed by atoms with E-state index in [1.165, 1.54) is 17.4 Å². The highest BCUT2D eigenvalue weighted by molar-refractivity contribution is 7.80. The Bertz CT molecular complexity index is 1320. The van der Waals surface area contributed by atoms with Crippen molar-refractivity contribution in [3.63, 3.8) is 0 Å². The molecule has 1 saturated heterocycles. The number of nitro benzene ring substituents is 1. The van der Waals surface area contributed by atoms with Crippen molar-refractivity contribution >= 4 is 72.9 Å². The summed E-state index contributed by atoms with van der Waals surface area (Å²) in [6.07, 6.45) is 4.27. The van der Waals surface area contributed by atoms with Crippen LogP contribution >= 0.6 is 23.6 Å².